The molecule has 2 amide bonds. The number of carbonyl (C=O) groups is 1. The zero-order valence-electron chi connectivity index (χ0n) is 17.7. The molecule has 1 aliphatic carbocycles. The molecule has 4 heteroatoms. The van der Waals surface area contributed by atoms with E-state index in [1.165, 1.54) is 37.7 Å². The highest BCUT2D eigenvalue weighted by Crippen LogP contribution is 2.26. The van der Waals surface area contributed by atoms with Gasteiger partial charge in [0.2, 0.25) is 0 Å². The molecule has 1 aliphatic heterocycles. The van der Waals surface area contributed by atoms with Gasteiger partial charge in [0, 0.05) is 38.8 Å². The summed E-state index contributed by atoms with van der Waals surface area (Å²) in [5.41, 5.74) is 1.38. The third kappa shape index (κ3) is 6.51. The summed E-state index contributed by atoms with van der Waals surface area (Å²) in [6.45, 7) is 7.07. The second kappa shape index (κ2) is 11.5. The molecule has 1 heterocycles. The Morgan fingerprint density at radius 1 is 1.07 bits per heavy atom. The minimum Gasteiger partial charge on any atom is -0.338 e. The summed E-state index contributed by atoms with van der Waals surface area (Å²) in [7, 11) is 0. The Hall–Kier alpha value is -1.55. The summed E-state index contributed by atoms with van der Waals surface area (Å²) >= 11 is 0. The van der Waals surface area contributed by atoms with E-state index in [1.807, 2.05) is 0 Å². The number of piperidine rings is 1. The van der Waals surface area contributed by atoms with E-state index >= 15 is 0 Å². The van der Waals surface area contributed by atoms with Gasteiger partial charge in [0.25, 0.3) is 0 Å². The standard InChI is InChI=1S/C24H39N3O/c1-2-17-27(24(28)25-16-13-21-9-5-3-6-10-21)23-14-18-26(19-15-23)20-22-11-7-4-8-12-22/h4,7-8,11-12,21,23H,2-3,5-6,9-10,13-20H2,1H3,(H,25,28). The van der Waals surface area contributed by atoms with Crippen molar-refractivity contribution in [3.05, 3.63) is 35.9 Å². The van der Waals surface area contributed by atoms with E-state index in [1.54, 1.807) is 0 Å². The number of nitrogens with one attached hydrogen (secondary N) is 1. The van der Waals surface area contributed by atoms with E-state index in [-0.39, 0.29) is 6.03 Å². The molecule has 28 heavy (non-hydrogen) atoms. The Morgan fingerprint density at radius 3 is 2.46 bits per heavy atom. The highest BCUT2D eigenvalue weighted by molar-refractivity contribution is 5.74. The molecular formula is C24H39N3O. The molecule has 0 atom stereocenters. The second-order valence-corrected chi connectivity index (χ2v) is 8.71. The first kappa shape index (κ1) is 21.2. The average Bonchev–Trinajstić information content (AvgIpc) is 2.74. The minimum atomic E-state index is 0.166. The fourth-order valence-electron chi connectivity index (χ4n) is 4.88. The van der Waals surface area contributed by atoms with Crippen LogP contribution < -0.4 is 5.32 Å². The first-order valence-corrected chi connectivity index (χ1v) is 11.6. The van der Waals surface area contributed by atoms with E-state index in [4.69, 9.17) is 0 Å². The van der Waals surface area contributed by atoms with Crippen LogP contribution in [0, 0.1) is 5.92 Å². The molecule has 0 spiro atoms. The molecule has 0 unspecified atom stereocenters. The lowest BCUT2D eigenvalue weighted by atomic mass is 9.87. The summed E-state index contributed by atoms with van der Waals surface area (Å²) in [4.78, 5) is 17.5. The fraction of sp³-hybridized carbons (Fsp3) is 0.708. The van der Waals surface area contributed by atoms with Crippen molar-refractivity contribution in [2.45, 2.75) is 77.3 Å². The van der Waals surface area contributed by atoms with Gasteiger partial charge in [-0.3, -0.25) is 4.90 Å². The number of benzene rings is 1. The first-order valence-electron chi connectivity index (χ1n) is 11.6. The molecule has 4 nitrogen and oxygen atoms in total. The number of amides is 2. The van der Waals surface area contributed by atoms with Crippen LogP contribution in [0.1, 0.15) is 70.3 Å². The molecule has 1 aromatic carbocycles. The van der Waals surface area contributed by atoms with E-state index in [0.29, 0.717) is 6.04 Å². The van der Waals surface area contributed by atoms with Gasteiger partial charge in [-0.1, -0.05) is 69.4 Å². The van der Waals surface area contributed by atoms with Crippen LogP contribution in [0.25, 0.3) is 0 Å². The summed E-state index contributed by atoms with van der Waals surface area (Å²) in [6, 6.07) is 11.3. The highest BCUT2D eigenvalue weighted by Gasteiger charge is 2.27. The molecule has 1 saturated carbocycles. The predicted molar refractivity (Wildman–Crippen MR) is 116 cm³/mol. The number of carbonyl (C=O) groups excluding carboxylic acids is 1. The number of rotatable bonds is 8. The average molecular weight is 386 g/mol. The largest absolute Gasteiger partial charge is 0.338 e. The SMILES string of the molecule is CCCN(C(=O)NCCC1CCCCC1)C1CCN(Cc2ccccc2)CC1. The molecule has 3 rings (SSSR count). The molecule has 1 N–H and O–H groups in total. The lowest BCUT2D eigenvalue weighted by Crippen LogP contribution is -2.51. The van der Waals surface area contributed by atoms with Crippen molar-refractivity contribution in [1.29, 1.82) is 0 Å². The number of nitrogens with zero attached hydrogens (tertiary/aromatic N) is 2. The van der Waals surface area contributed by atoms with Gasteiger partial charge in [-0.15, -0.1) is 0 Å². The van der Waals surface area contributed by atoms with E-state index in [2.05, 4.69) is 52.4 Å². The van der Waals surface area contributed by atoms with Crippen LogP contribution in [0.4, 0.5) is 4.79 Å². The number of likely N-dealkylation sites (tertiary alicyclic amines) is 1. The van der Waals surface area contributed by atoms with Crippen molar-refractivity contribution in [2.24, 2.45) is 5.92 Å². The van der Waals surface area contributed by atoms with Crippen molar-refractivity contribution < 1.29 is 4.79 Å². The fourth-order valence-corrected chi connectivity index (χ4v) is 4.88. The maximum Gasteiger partial charge on any atom is 0.317 e. The second-order valence-electron chi connectivity index (χ2n) is 8.71. The van der Waals surface area contributed by atoms with Gasteiger partial charge in [0.05, 0.1) is 0 Å². The van der Waals surface area contributed by atoms with Crippen LogP contribution in [-0.4, -0.2) is 48.1 Å². The van der Waals surface area contributed by atoms with Gasteiger partial charge < -0.3 is 10.2 Å². The van der Waals surface area contributed by atoms with Crippen molar-refractivity contribution in [1.82, 2.24) is 15.1 Å². The lowest BCUT2D eigenvalue weighted by Gasteiger charge is -2.38. The van der Waals surface area contributed by atoms with Crippen LogP contribution >= 0.6 is 0 Å². The van der Waals surface area contributed by atoms with Gasteiger partial charge in [-0.25, -0.2) is 4.79 Å². The van der Waals surface area contributed by atoms with Gasteiger partial charge in [-0.05, 0) is 37.2 Å². The quantitative estimate of drug-likeness (QED) is 0.680. The number of hydrogen-bond acceptors (Lipinski definition) is 2. The van der Waals surface area contributed by atoms with E-state index in [9.17, 15) is 4.79 Å². The topological polar surface area (TPSA) is 35.6 Å². The molecule has 0 bridgehead atoms. The molecule has 156 valence electrons. The van der Waals surface area contributed by atoms with Gasteiger partial charge in [0.1, 0.15) is 0 Å². The molecule has 2 fully saturated rings. The number of urea groups is 1. The van der Waals surface area contributed by atoms with Crippen molar-refractivity contribution in [3.63, 3.8) is 0 Å². The molecule has 1 saturated heterocycles. The van der Waals surface area contributed by atoms with Crippen molar-refractivity contribution >= 4 is 6.03 Å². The zero-order valence-corrected chi connectivity index (χ0v) is 17.7. The monoisotopic (exact) mass is 385 g/mol. The van der Waals surface area contributed by atoms with E-state index < -0.39 is 0 Å². The number of hydrogen-bond donors (Lipinski definition) is 1. The zero-order chi connectivity index (χ0) is 19.6. The van der Waals surface area contributed by atoms with Gasteiger partial charge in [-0.2, -0.15) is 0 Å². The minimum absolute atomic E-state index is 0.166. The smallest absolute Gasteiger partial charge is 0.317 e. The Bertz CT molecular complexity index is 562. The molecule has 0 aromatic heterocycles. The van der Waals surface area contributed by atoms with Crippen LogP contribution in [0.5, 0.6) is 0 Å². The third-order valence-corrected chi connectivity index (χ3v) is 6.53. The van der Waals surface area contributed by atoms with Crippen LogP contribution in [-0.2, 0) is 6.54 Å². The van der Waals surface area contributed by atoms with Crippen molar-refractivity contribution in [3.8, 4) is 0 Å². The van der Waals surface area contributed by atoms with E-state index in [0.717, 1.165) is 64.3 Å². The third-order valence-electron chi connectivity index (χ3n) is 6.53. The summed E-state index contributed by atoms with van der Waals surface area (Å²) in [6.07, 6.45) is 11.2. The highest BCUT2D eigenvalue weighted by atomic mass is 16.2. The van der Waals surface area contributed by atoms with Crippen molar-refractivity contribution in [2.75, 3.05) is 26.2 Å². The molecule has 0 radical (unpaired) electrons. The normalized spacial score (nSPS) is 19.5. The van der Waals surface area contributed by atoms with Crippen LogP contribution in [0.15, 0.2) is 30.3 Å². The first-order chi connectivity index (χ1) is 13.8. The maximum absolute atomic E-state index is 12.8. The molecule has 2 aliphatic rings. The Morgan fingerprint density at radius 2 is 1.79 bits per heavy atom. The Kier molecular flexibility index (Phi) is 8.66. The van der Waals surface area contributed by atoms with Crippen LogP contribution in [0.2, 0.25) is 0 Å². The molecule has 1 aromatic rings. The van der Waals surface area contributed by atoms with Crippen LogP contribution in [0.3, 0.4) is 0 Å². The Balaban J connectivity index is 1.42. The summed E-state index contributed by atoms with van der Waals surface area (Å²) in [5, 5.41) is 3.24. The van der Waals surface area contributed by atoms with Gasteiger partial charge in [0.15, 0.2) is 0 Å². The maximum atomic E-state index is 12.8. The lowest BCUT2D eigenvalue weighted by molar-refractivity contribution is 0.117. The van der Waals surface area contributed by atoms with Gasteiger partial charge >= 0.3 is 6.03 Å². The summed E-state index contributed by atoms with van der Waals surface area (Å²) < 4.78 is 0. The predicted octanol–water partition coefficient (Wildman–Crippen LogP) is 5.04. The molecular weight excluding hydrogens is 346 g/mol. The summed E-state index contributed by atoms with van der Waals surface area (Å²) in [5.74, 6) is 0.829. The Labute approximate surface area is 171 Å².